The summed E-state index contributed by atoms with van der Waals surface area (Å²) in [5, 5.41) is 3.77. The van der Waals surface area contributed by atoms with Crippen LogP contribution in [0, 0.1) is 0 Å². The zero-order valence-corrected chi connectivity index (χ0v) is 8.77. The minimum atomic E-state index is -0.464. The van der Waals surface area contributed by atoms with Crippen LogP contribution in [-0.4, -0.2) is 10.1 Å². The SMILES string of the molecule is O=c1[nH]c(C2CCc3ccccc3C2)no1. The summed E-state index contributed by atoms with van der Waals surface area (Å²) in [6.45, 7) is 0. The molecule has 0 aliphatic heterocycles. The van der Waals surface area contributed by atoms with E-state index in [4.69, 9.17) is 0 Å². The minimum absolute atomic E-state index is 0.279. The van der Waals surface area contributed by atoms with Crippen LogP contribution in [0.4, 0.5) is 0 Å². The average Bonchev–Trinajstić information content (AvgIpc) is 2.75. The van der Waals surface area contributed by atoms with Crippen molar-refractivity contribution in [3.63, 3.8) is 0 Å². The van der Waals surface area contributed by atoms with E-state index in [2.05, 4.69) is 32.9 Å². The van der Waals surface area contributed by atoms with Gasteiger partial charge in [0, 0.05) is 5.92 Å². The van der Waals surface area contributed by atoms with Gasteiger partial charge in [0.1, 0.15) is 0 Å². The zero-order chi connectivity index (χ0) is 11.0. The molecule has 0 bridgehead atoms. The number of benzene rings is 1. The molecule has 4 heteroatoms. The second-order valence-electron chi connectivity index (χ2n) is 4.19. The third-order valence-electron chi connectivity index (χ3n) is 3.19. The number of nitrogens with zero attached hydrogens (tertiary/aromatic N) is 1. The predicted octanol–water partition coefficient (Wildman–Crippen LogP) is 1.64. The first-order chi connectivity index (χ1) is 7.83. The molecule has 1 atom stereocenters. The number of aromatic nitrogens is 2. The van der Waals surface area contributed by atoms with Gasteiger partial charge in [0.15, 0.2) is 5.82 Å². The monoisotopic (exact) mass is 216 g/mol. The van der Waals surface area contributed by atoms with Crippen LogP contribution in [-0.2, 0) is 12.8 Å². The van der Waals surface area contributed by atoms with Gasteiger partial charge in [-0.2, -0.15) is 0 Å². The molecule has 0 saturated heterocycles. The summed E-state index contributed by atoms with van der Waals surface area (Å²) < 4.78 is 4.54. The normalized spacial score (nSPS) is 19.4. The summed E-state index contributed by atoms with van der Waals surface area (Å²) >= 11 is 0. The molecule has 0 radical (unpaired) electrons. The largest absolute Gasteiger partial charge is 0.438 e. The van der Waals surface area contributed by atoms with Crippen molar-refractivity contribution < 1.29 is 4.52 Å². The maximum Gasteiger partial charge on any atom is 0.438 e. The van der Waals surface area contributed by atoms with E-state index in [0.29, 0.717) is 5.82 Å². The Morgan fingerprint density at radius 3 is 2.88 bits per heavy atom. The fraction of sp³-hybridized carbons (Fsp3) is 0.333. The van der Waals surface area contributed by atoms with Crippen molar-refractivity contribution in [1.29, 1.82) is 0 Å². The topological polar surface area (TPSA) is 58.9 Å². The van der Waals surface area contributed by atoms with Gasteiger partial charge >= 0.3 is 5.76 Å². The Labute approximate surface area is 92.3 Å². The molecular weight excluding hydrogens is 204 g/mol. The van der Waals surface area contributed by atoms with Gasteiger partial charge in [-0.1, -0.05) is 29.4 Å². The Hall–Kier alpha value is -1.84. The maximum absolute atomic E-state index is 10.9. The average molecular weight is 216 g/mol. The first kappa shape index (κ1) is 9.39. The van der Waals surface area contributed by atoms with E-state index in [-0.39, 0.29) is 5.92 Å². The van der Waals surface area contributed by atoms with Gasteiger partial charge in [0.05, 0.1) is 0 Å². The molecule has 0 amide bonds. The Balaban J connectivity index is 1.90. The number of hydrogen-bond donors (Lipinski definition) is 1. The fourth-order valence-corrected chi connectivity index (χ4v) is 2.35. The smallest absolute Gasteiger partial charge is 0.296 e. The van der Waals surface area contributed by atoms with Crippen LogP contribution in [0.2, 0.25) is 0 Å². The van der Waals surface area contributed by atoms with Crippen molar-refractivity contribution in [2.75, 3.05) is 0 Å². The number of rotatable bonds is 1. The number of fused-ring (bicyclic) bond motifs is 1. The standard InChI is InChI=1S/C12H12N2O2/c15-12-13-11(14-16-12)10-6-5-8-3-1-2-4-9(8)7-10/h1-4,10H,5-7H2,(H,13,14,15). The lowest BCUT2D eigenvalue weighted by atomic mass is 9.83. The second kappa shape index (κ2) is 3.63. The quantitative estimate of drug-likeness (QED) is 0.788. The summed E-state index contributed by atoms with van der Waals surface area (Å²) in [6, 6.07) is 8.42. The van der Waals surface area contributed by atoms with Crippen molar-refractivity contribution in [3.05, 3.63) is 51.8 Å². The molecule has 16 heavy (non-hydrogen) atoms. The van der Waals surface area contributed by atoms with Gasteiger partial charge in [-0.3, -0.25) is 9.51 Å². The van der Waals surface area contributed by atoms with Crippen molar-refractivity contribution in [3.8, 4) is 0 Å². The van der Waals surface area contributed by atoms with Crippen molar-refractivity contribution in [1.82, 2.24) is 10.1 Å². The molecular formula is C12H12N2O2. The Morgan fingerprint density at radius 1 is 1.31 bits per heavy atom. The van der Waals surface area contributed by atoms with E-state index in [9.17, 15) is 4.79 Å². The molecule has 1 heterocycles. The lowest BCUT2D eigenvalue weighted by Gasteiger charge is -2.21. The maximum atomic E-state index is 10.9. The fourth-order valence-electron chi connectivity index (χ4n) is 2.35. The highest BCUT2D eigenvalue weighted by Gasteiger charge is 2.22. The van der Waals surface area contributed by atoms with Crippen molar-refractivity contribution in [2.45, 2.75) is 25.2 Å². The zero-order valence-electron chi connectivity index (χ0n) is 8.77. The molecule has 1 aromatic carbocycles. The van der Waals surface area contributed by atoms with Crippen molar-refractivity contribution in [2.24, 2.45) is 0 Å². The van der Waals surface area contributed by atoms with E-state index in [0.717, 1.165) is 19.3 Å². The number of H-pyrrole nitrogens is 1. The molecule has 0 saturated carbocycles. The molecule has 1 unspecified atom stereocenters. The first-order valence-corrected chi connectivity index (χ1v) is 5.45. The molecule has 0 spiro atoms. The van der Waals surface area contributed by atoms with Crippen LogP contribution in [0.1, 0.15) is 29.3 Å². The Kier molecular flexibility index (Phi) is 2.13. The van der Waals surface area contributed by atoms with Crippen LogP contribution < -0.4 is 5.76 Å². The number of aromatic amines is 1. The van der Waals surface area contributed by atoms with Crippen molar-refractivity contribution >= 4 is 0 Å². The predicted molar refractivity (Wildman–Crippen MR) is 58.3 cm³/mol. The highest BCUT2D eigenvalue weighted by molar-refractivity contribution is 5.31. The van der Waals surface area contributed by atoms with Gasteiger partial charge in [-0.15, -0.1) is 0 Å². The lowest BCUT2D eigenvalue weighted by Crippen LogP contribution is -2.14. The minimum Gasteiger partial charge on any atom is -0.296 e. The van der Waals surface area contributed by atoms with E-state index in [1.54, 1.807) is 0 Å². The third kappa shape index (κ3) is 1.56. The van der Waals surface area contributed by atoms with E-state index in [1.165, 1.54) is 11.1 Å². The Bertz CT molecular complexity index is 556. The molecule has 1 aliphatic carbocycles. The summed E-state index contributed by atoms with van der Waals surface area (Å²) in [5.74, 6) is 0.495. The molecule has 0 fully saturated rings. The van der Waals surface area contributed by atoms with Crippen LogP contribution in [0.15, 0.2) is 33.6 Å². The molecule has 4 nitrogen and oxygen atoms in total. The molecule has 1 N–H and O–H groups in total. The second-order valence-corrected chi connectivity index (χ2v) is 4.19. The van der Waals surface area contributed by atoms with Gasteiger partial charge in [0.2, 0.25) is 0 Å². The number of nitrogens with one attached hydrogen (secondary N) is 1. The van der Waals surface area contributed by atoms with E-state index >= 15 is 0 Å². The Morgan fingerprint density at radius 2 is 2.12 bits per heavy atom. The molecule has 2 aromatic rings. The number of aryl methyl sites for hydroxylation is 1. The summed E-state index contributed by atoms with van der Waals surface area (Å²) in [4.78, 5) is 13.5. The lowest BCUT2D eigenvalue weighted by molar-refractivity contribution is 0.374. The molecule has 82 valence electrons. The molecule has 1 aliphatic rings. The summed E-state index contributed by atoms with van der Waals surface area (Å²) in [5.41, 5.74) is 2.76. The van der Waals surface area contributed by atoms with Crippen LogP contribution in [0.5, 0.6) is 0 Å². The molecule has 3 rings (SSSR count). The van der Waals surface area contributed by atoms with Crippen LogP contribution in [0.25, 0.3) is 0 Å². The van der Waals surface area contributed by atoms with E-state index in [1.807, 2.05) is 6.07 Å². The third-order valence-corrected chi connectivity index (χ3v) is 3.19. The van der Waals surface area contributed by atoms with Gasteiger partial charge < -0.3 is 0 Å². The summed E-state index contributed by atoms with van der Waals surface area (Å²) in [6.07, 6.45) is 2.98. The van der Waals surface area contributed by atoms with Crippen LogP contribution in [0.3, 0.4) is 0 Å². The highest BCUT2D eigenvalue weighted by Crippen LogP contribution is 2.30. The highest BCUT2D eigenvalue weighted by atomic mass is 16.5. The van der Waals surface area contributed by atoms with Gasteiger partial charge in [-0.05, 0) is 30.4 Å². The first-order valence-electron chi connectivity index (χ1n) is 5.45. The van der Waals surface area contributed by atoms with E-state index < -0.39 is 5.76 Å². The number of hydrogen-bond acceptors (Lipinski definition) is 3. The van der Waals surface area contributed by atoms with Gasteiger partial charge in [-0.25, -0.2) is 4.79 Å². The van der Waals surface area contributed by atoms with Gasteiger partial charge in [0.25, 0.3) is 0 Å². The summed E-state index contributed by atoms with van der Waals surface area (Å²) in [7, 11) is 0. The van der Waals surface area contributed by atoms with Crippen LogP contribution >= 0.6 is 0 Å². The molecule has 1 aromatic heterocycles.